The van der Waals surface area contributed by atoms with Crippen LogP contribution in [-0.2, 0) is 10.0 Å². The molecule has 0 radical (unpaired) electrons. The standard InChI is InChI=1S/C22H20ClN3O3S2/c1-14-6-7-19(12-15(14)2)26-31(28,29)20-10-8-18(9-11-20)24-22(30)25-21(27)16-4-3-5-17(23)13-16/h3-13,26H,1-2H3,(H2,24,25,27,30). The number of carbonyl (C=O) groups excluding carboxylic acids is 1. The lowest BCUT2D eigenvalue weighted by Crippen LogP contribution is -2.34. The van der Waals surface area contributed by atoms with E-state index in [0.717, 1.165) is 11.1 Å². The molecule has 0 atom stereocenters. The molecule has 0 aromatic heterocycles. The number of rotatable bonds is 5. The zero-order valence-corrected chi connectivity index (χ0v) is 19.2. The van der Waals surface area contributed by atoms with Gasteiger partial charge in [0.2, 0.25) is 0 Å². The molecule has 0 aliphatic rings. The molecule has 9 heteroatoms. The van der Waals surface area contributed by atoms with E-state index in [0.29, 0.717) is 22.0 Å². The van der Waals surface area contributed by atoms with Crippen molar-refractivity contribution in [3.8, 4) is 0 Å². The molecule has 31 heavy (non-hydrogen) atoms. The summed E-state index contributed by atoms with van der Waals surface area (Å²) in [6.45, 7) is 3.88. The zero-order valence-electron chi connectivity index (χ0n) is 16.8. The monoisotopic (exact) mass is 473 g/mol. The fourth-order valence-electron chi connectivity index (χ4n) is 2.70. The third kappa shape index (κ3) is 6.04. The first-order chi connectivity index (χ1) is 14.6. The molecule has 3 aromatic carbocycles. The third-order valence-corrected chi connectivity index (χ3v) is 6.33. The molecular weight excluding hydrogens is 454 g/mol. The Balaban J connectivity index is 1.64. The van der Waals surface area contributed by atoms with Crippen LogP contribution in [-0.4, -0.2) is 19.4 Å². The van der Waals surface area contributed by atoms with Crippen molar-refractivity contribution < 1.29 is 13.2 Å². The predicted octanol–water partition coefficient (Wildman–Crippen LogP) is 4.88. The molecule has 3 aromatic rings. The lowest BCUT2D eigenvalue weighted by Gasteiger charge is -2.12. The minimum atomic E-state index is -3.74. The highest BCUT2D eigenvalue weighted by Gasteiger charge is 2.15. The van der Waals surface area contributed by atoms with Gasteiger partial charge in [-0.15, -0.1) is 0 Å². The molecule has 160 valence electrons. The highest BCUT2D eigenvalue weighted by atomic mass is 35.5. The SMILES string of the molecule is Cc1ccc(NS(=O)(=O)c2ccc(NC(=S)NC(=O)c3cccc(Cl)c3)cc2)cc1C. The van der Waals surface area contributed by atoms with Crippen LogP contribution in [0.15, 0.2) is 71.6 Å². The average molecular weight is 474 g/mol. The quantitative estimate of drug-likeness (QED) is 0.459. The second-order valence-electron chi connectivity index (χ2n) is 6.85. The number of sulfonamides is 1. The third-order valence-electron chi connectivity index (χ3n) is 4.50. The Hall–Kier alpha value is -2.94. The summed E-state index contributed by atoms with van der Waals surface area (Å²) in [7, 11) is -3.74. The fourth-order valence-corrected chi connectivity index (χ4v) is 4.15. The summed E-state index contributed by atoms with van der Waals surface area (Å²) in [6, 6.07) is 17.9. The van der Waals surface area contributed by atoms with Gasteiger partial charge in [0.25, 0.3) is 15.9 Å². The van der Waals surface area contributed by atoms with Crippen molar-refractivity contribution in [3.63, 3.8) is 0 Å². The van der Waals surface area contributed by atoms with Gasteiger partial charge in [-0.2, -0.15) is 0 Å². The summed E-state index contributed by atoms with van der Waals surface area (Å²) in [4.78, 5) is 12.3. The van der Waals surface area contributed by atoms with E-state index in [1.54, 1.807) is 42.5 Å². The van der Waals surface area contributed by atoms with Crippen molar-refractivity contribution in [2.75, 3.05) is 10.0 Å². The smallest absolute Gasteiger partial charge is 0.261 e. The minimum Gasteiger partial charge on any atom is -0.332 e. The van der Waals surface area contributed by atoms with E-state index in [2.05, 4.69) is 15.4 Å². The maximum atomic E-state index is 12.6. The second-order valence-corrected chi connectivity index (χ2v) is 9.37. The maximum absolute atomic E-state index is 12.6. The number of hydrogen-bond acceptors (Lipinski definition) is 4. The van der Waals surface area contributed by atoms with Gasteiger partial charge in [0, 0.05) is 22.0 Å². The fraction of sp³-hybridized carbons (Fsp3) is 0.0909. The first-order valence-electron chi connectivity index (χ1n) is 9.22. The number of anilines is 2. The second kappa shape index (κ2) is 9.47. The van der Waals surface area contributed by atoms with Gasteiger partial charge in [0.05, 0.1) is 4.90 Å². The lowest BCUT2D eigenvalue weighted by molar-refractivity contribution is 0.0977. The van der Waals surface area contributed by atoms with E-state index in [4.69, 9.17) is 23.8 Å². The Kier molecular flexibility index (Phi) is 6.94. The van der Waals surface area contributed by atoms with E-state index < -0.39 is 15.9 Å². The molecule has 6 nitrogen and oxygen atoms in total. The summed E-state index contributed by atoms with van der Waals surface area (Å²) < 4.78 is 27.8. The molecule has 0 aliphatic carbocycles. The normalized spacial score (nSPS) is 10.9. The van der Waals surface area contributed by atoms with Gasteiger partial charge in [-0.1, -0.05) is 23.7 Å². The number of amides is 1. The Bertz CT molecular complexity index is 1240. The van der Waals surface area contributed by atoms with Gasteiger partial charge < -0.3 is 5.32 Å². The number of carbonyl (C=O) groups is 1. The van der Waals surface area contributed by atoms with Crippen LogP contribution in [0.25, 0.3) is 0 Å². The van der Waals surface area contributed by atoms with Crippen LogP contribution in [0.1, 0.15) is 21.5 Å². The van der Waals surface area contributed by atoms with Crippen LogP contribution in [0, 0.1) is 13.8 Å². The van der Waals surface area contributed by atoms with E-state index in [1.165, 1.54) is 18.2 Å². The van der Waals surface area contributed by atoms with Gasteiger partial charge in [-0.25, -0.2) is 8.42 Å². The molecule has 3 rings (SSSR count). The van der Waals surface area contributed by atoms with Gasteiger partial charge in [0.1, 0.15) is 0 Å². The van der Waals surface area contributed by atoms with Crippen molar-refractivity contribution >= 4 is 56.2 Å². The first kappa shape index (κ1) is 22.7. The van der Waals surface area contributed by atoms with Crippen LogP contribution in [0.5, 0.6) is 0 Å². The number of hydrogen-bond donors (Lipinski definition) is 3. The molecule has 0 unspecified atom stereocenters. The zero-order chi connectivity index (χ0) is 22.6. The minimum absolute atomic E-state index is 0.0776. The largest absolute Gasteiger partial charge is 0.332 e. The molecular formula is C22H20ClN3O3S2. The van der Waals surface area contributed by atoms with Crippen LogP contribution >= 0.6 is 23.8 Å². The number of halogens is 1. The number of nitrogens with one attached hydrogen (secondary N) is 3. The van der Waals surface area contributed by atoms with Crippen LogP contribution in [0.4, 0.5) is 11.4 Å². The molecule has 1 amide bonds. The van der Waals surface area contributed by atoms with Gasteiger partial charge in [-0.3, -0.25) is 14.8 Å². The summed E-state index contributed by atoms with van der Waals surface area (Å²) >= 11 is 11.0. The van der Waals surface area contributed by atoms with E-state index in [1.807, 2.05) is 19.9 Å². The van der Waals surface area contributed by atoms with E-state index in [9.17, 15) is 13.2 Å². The first-order valence-corrected chi connectivity index (χ1v) is 11.5. The lowest BCUT2D eigenvalue weighted by atomic mass is 10.1. The number of aryl methyl sites for hydroxylation is 2. The van der Waals surface area contributed by atoms with Crippen molar-refractivity contribution in [2.45, 2.75) is 18.7 Å². The molecule has 0 bridgehead atoms. The molecule has 0 saturated carbocycles. The summed E-state index contributed by atoms with van der Waals surface area (Å²) in [6.07, 6.45) is 0. The van der Waals surface area contributed by atoms with Crippen LogP contribution in [0.3, 0.4) is 0 Å². The highest BCUT2D eigenvalue weighted by Crippen LogP contribution is 2.20. The Labute approximate surface area is 191 Å². The van der Waals surface area contributed by atoms with Crippen molar-refractivity contribution in [3.05, 3.63) is 88.4 Å². The average Bonchev–Trinajstić information content (AvgIpc) is 2.71. The Morgan fingerprint density at radius 2 is 1.58 bits per heavy atom. The van der Waals surface area contributed by atoms with Crippen molar-refractivity contribution in [1.29, 1.82) is 0 Å². The summed E-state index contributed by atoms with van der Waals surface area (Å²) in [5.41, 5.74) is 3.47. The molecule has 0 fully saturated rings. The number of benzene rings is 3. The van der Waals surface area contributed by atoms with E-state index >= 15 is 0 Å². The van der Waals surface area contributed by atoms with Gasteiger partial charge in [-0.05, 0) is 91.8 Å². The van der Waals surface area contributed by atoms with Gasteiger partial charge in [0.15, 0.2) is 5.11 Å². The molecule has 0 heterocycles. The topological polar surface area (TPSA) is 87.3 Å². The van der Waals surface area contributed by atoms with Crippen LogP contribution < -0.4 is 15.4 Å². The predicted molar refractivity (Wildman–Crippen MR) is 128 cm³/mol. The highest BCUT2D eigenvalue weighted by molar-refractivity contribution is 7.92. The molecule has 0 spiro atoms. The Morgan fingerprint density at radius 1 is 0.903 bits per heavy atom. The van der Waals surface area contributed by atoms with Crippen molar-refractivity contribution in [2.24, 2.45) is 0 Å². The van der Waals surface area contributed by atoms with E-state index in [-0.39, 0.29) is 10.0 Å². The maximum Gasteiger partial charge on any atom is 0.261 e. The van der Waals surface area contributed by atoms with Crippen LogP contribution in [0.2, 0.25) is 5.02 Å². The summed E-state index contributed by atoms with van der Waals surface area (Å²) in [5.74, 6) is -0.406. The van der Waals surface area contributed by atoms with Crippen molar-refractivity contribution in [1.82, 2.24) is 5.32 Å². The molecule has 0 saturated heterocycles. The summed E-state index contributed by atoms with van der Waals surface area (Å²) in [5, 5.41) is 5.92. The molecule has 0 aliphatic heterocycles. The van der Waals surface area contributed by atoms with Gasteiger partial charge >= 0.3 is 0 Å². The number of thiocarbonyl (C=S) groups is 1. The molecule has 3 N–H and O–H groups in total. The Morgan fingerprint density at radius 3 is 2.23 bits per heavy atom.